The van der Waals surface area contributed by atoms with Gasteiger partial charge in [-0.15, -0.1) is 10.2 Å². The first-order valence-electron chi connectivity index (χ1n) is 9.98. The highest BCUT2D eigenvalue weighted by molar-refractivity contribution is 8.00. The van der Waals surface area contributed by atoms with Gasteiger partial charge in [0.15, 0.2) is 5.82 Å². The Bertz CT molecular complexity index is 1070. The zero-order chi connectivity index (χ0) is 21.3. The second-order valence-electron chi connectivity index (χ2n) is 7.44. The molecule has 0 fully saturated rings. The Labute approximate surface area is 185 Å². The van der Waals surface area contributed by atoms with E-state index in [9.17, 15) is 4.79 Å². The number of aromatic nitrogens is 3. The third-order valence-corrected chi connectivity index (χ3v) is 6.82. The number of hydrogen-bond acceptors (Lipinski definition) is 5. The Morgan fingerprint density at radius 3 is 2.70 bits per heavy atom. The van der Waals surface area contributed by atoms with Gasteiger partial charge in [-0.2, -0.15) is 0 Å². The van der Waals surface area contributed by atoms with Gasteiger partial charge in [0.2, 0.25) is 11.1 Å². The average molecular weight is 442 g/mol. The number of carbonyl (C=O) groups excluding carboxylic acids is 1. The first kappa shape index (κ1) is 20.8. The molecule has 2 heterocycles. The van der Waals surface area contributed by atoms with E-state index in [1.807, 2.05) is 29.8 Å². The molecule has 0 radical (unpaired) electrons. The fourth-order valence-electron chi connectivity index (χ4n) is 3.45. The normalized spacial score (nSPS) is 17.9. The lowest BCUT2D eigenvalue weighted by molar-refractivity contribution is -0.116. The second kappa shape index (κ2) is 8.70. The van der Waals surface area contributed by atoms with Crippen molar-refractivity contribution < 1.29 is 4.79 Å². The van der Waals surface area contributed by atoms with E-state index in [2.05, 4.69) is 59.1 Å². The van der Waals surface area contributed by atoms with Crippen LogP contribution >= 0.6 is 23.4 Å². The summed E-state index contributed by atoms with van der Waals surface area (Å²) in [6, 6.07) is 13.5. The van der Waals surface area contributed by atoms with Gasteiger partial charge in [0, 0.05) is 17.1 Å². The van der Waals surface area contributed by atoms with Crippen LogP contribution in [0.1, 0.15) is 41.9 Å². The third kappa shape index (κ3) is 4.04. The summed E-state index contributed by atoms with van der Waals surface area (Å²) in [6.45, 7) is 6.06. The molecule has 2 N–H and O–H groups in total. The van der Waals surface area contributed by atoms with E-state index >= 15 is 0 Å². The van der Waals surface area contributed by atoms with Crippen LogP contribution < -0.4 is 10.7 Å². The van der Waals surface area contributed by atoms with Gasteiger partial charge in [0.05, 0.1) is 6.04 Å². The molecule has 3 aromatic rings. The average Bonchev–Trinajstić information content (AvgIpc) is 3.13. The molecule has 156 valence electrons. The summed E-state index contributed by atoms with van der Waals surface area (Å²) in [4.78, 5) is 13.4. The van der Waals surface area contributed by atoms with Crippen LogP contribution in [0.25, 0.3) is 0 Å². The van der Waals surface area contributed by atoms with Crippen molar-refractivity contribution in [1.29, 1.82) is 0 Å². The Morgan fingerprint density at radius 2 is 1.97 bits per heavy atom. The lowest BCUT2D eigenvalue weighted by Gasteiger charge is -2.33. The van der Waals surface area contributed by atoms with Crippen molar-refractivity contribution in [1.82, 2.24) is 14.9 Å². The Morgan fingerprint density at radius 1 is 1.20 bits per heavy atom. The molecular weight excluding hydrogens is 418 g/mol. The molecule has 8 heteroatoms. The topological polar surface area (TPSA) is 71.8 Å². The number of anilines is 1. The standard InChI is InChI=1S/C22H24ClN5OS/c1-4-6-18-25-26-22-28(18)27-19(15-11-9-13(2)10-12-15)20(30-22)21(29)24-17-8-5-7-16(23)14(17)3/h5,7-12,19-20,27H,4,6H2,1-3H3,(H,24,29). The molecule has 0 spiro atoms. The number of aryl methyl sites for hydroxylation is 2. The number of halogens is 1. The van der Waals surface area contributed by atoms with E-state index in [1.165, 1.54) is 17.3 Å². The molecule has 1 aliphatic heterocycles. The van der Waals surface area contributed by atoms with Crippen molar-refractivity contribution in [3.8, 4) is 0 Å². The lowest BCUT2D eigenvalue weighted by atomic mass is 10.0. The molecule has 0 bridgehead atoms. The third-order valence-electron chi connectivity index (χ3n) is 5.20. The summed E-state index contributed by atoms with van der Waals surface area (Å²) >= 11 is 7.66. The summed E-state index contributed by atoms with van der Waals surface area (Å²) < 4.78 is 1.92. The van der Waals surface area contributed by atoms with E-state index < -0.39 is 5.25 Å². The molecule has 2 atom stereocenters. The number of carbonyl (C=O) groups is 1. The molecule has 4 rings (SSSR count). The van der Waals surface area contributed by atoms with E-state index in [0.717, 1.165) is 35.5 Å². The number of fused-ring (bicyclic) bond motifs is 1. The zero-order valence-corrected chi connectivity index (χ0v) is 18.7. The molecule has 2 unspecified atom stereocenters. The van der Waals surface area contributed by atoms with Crippen molar-refractivity contribution in [2.75, 3.05) is 10.7 Å². The maximum atomic E-state index is 13.4. The molecular formula is C22H24ClN5OS. The van der Waals surface area contributed by atoms with Crippen LogP contribution in [0.4, 0.5) is 5.69 Å². The summed E-state index contributed by atoms with van der Waals surface area (Å²) in [5.74, 6) is 0.774. The Balaban J connectivity index is 1.68. The highest BCUT2D eigenvalue weighted by Gasteiger charge is 2.37. The number of benzene rings is 2. The molecule has 6 nitrogen and oxygen atoms in total. The molecule has 30 heavy (non-hydrogen) atoms. The van der Waals surface area contributed by atoms with Crippen LogP contribution in [0.5, 0.6) is 0 Å². The molecule has 0 saturated carbocycles. The van der Waals surface area contributed by atoms with Crippen molar-refractivity contribution in [2.24, 2.45) is 0 Å². The number of thioether (sulfide) groups is 1. The van der Waals surface area contributed by atoms with Crippen LogP contribution in [0.15, 0.2) is 47.6 Å². The van der Waals surface area contributed by atoms with Crippen LogP contribution in [0.2, 0.25) is 5.02 Å². The Hall–Kier alpha value is -2.51. The van der Waals surface area contributed by atoms with Crippen LogP contribution in [-0.4, -0.2) is 26.0 Å². The van der Waals surface area contributed by atoms with Crippen LogP contribution in [-0.2, 0) is 11.2 Å². The number of nitrogens with zero attached hydrogens (tertiary/aromatic N) is 3. The van der Waals surface area contributed by atoms with Crippen molar-refractivity contribution in [3.05, 3.63) is 70.0 Å². The van der Waals surface area contributed by atoms with Gasteiger partial charge in [-0.3, -0.25) is 4.79 Å². The summed E-state index contributed by atoms with van der Waals surface area (Å²) in [5, 5.41) is 12.6. The number of amides is 1. The lowest BCUT2D eigenvalue weighted by Crippen LogP contribution is -2.41. The smallest absolute Gasteiger partial charge is 0.240 e. The van der Waals surface area contributed by atoms with Gasteiger partial charge in [0.1, 0.15) is 5.25 Å². The first-order chi connectivity index (χ1) is 14.5. The monoisotopic (exact) mass is 441 g/mol. The maximum absolute atomic E-state index is 13.4. The minimum atomic E-state index is -0.419. The fourth-order valence-corrected chi connectivity index (χ4v) is 4.73. The van der Waals surface area contributed by atoms with E-state index in [-0.39, 0.29) is 11.9 Å². The van der Waals surface area contributed by atoms with Gasteiger partial charge in [0.25, 0.3) is 0 Å². The highest BCUT2D eigenvalue weighted by Crippen LogP contribution is 2.38. The van der Waals surface area contributed by atoms with Gasteiger partial charge >= 0.3 is 0 Å². The van der Waals surface area contributed by atoms with Gasteiger partial charge in [-0.05, 0) is 43.5 Å². The van der Waals surface area contributed by atoms with Gasteiger partial charge in [-0.1, -0.05) is 66.2 Å². The fraction of sp³-hybridized carbons (Fsp3) is 0.318. The molecule has 1 aromatic heterocycles. The number of hydrogen-bond donors (Lipinski definition) is 2. The van der Waals surface area contributed by atoms with Crippen LogP contribution in [0, 0.1) is 13.8 Å². The SMILES string of the molecule is CCCc1nnc2n1NC(c1ccc(C)cc1)C(C(=O)Nc1cccc(Cl)c1C)S2. The zero-order valence-electron chi connectivity index (χ0n) is 17.1. The Kier molecular flexibility index (Phi) is 6.01. The minimum absolute atomic E-state index is 0.102. The molecule has 0 saturated heterocycles. The van der Waals surface area contributed by atoms with Crippen molar-refractivity contribution in [3.63, 3.8) is 0 Å². The molecule has 2 aromatic carbocycles. The summed E-state index contributed by atoms with van der Waals surface area (Å²) in [5.41, 5.74) is 7.27. The molecule has 1 amide bonds. The molecule has 1 aliphatic rings. The summed E-state index contributed by atoms with van der Waals surface area (Å²) in [6.07, 6.45) is 1.79. The van der Waals surface area contributed by atoms with E-state index in [1.54, 1.807) is 0 Å². The number of rotatable bonds is 5. The second-order valence-corrected chi connectivity index (χ2v) is 8.96. The van der Waals surface area contributed by atoms with E-state index in [4.69, 9.17) is 11.6 Å². The van der Waals surface area contributed by atoms with E-state index in [0.29, 0.717) is 10.2 Å². The predicted octanol–water partition coefficient (Wildman–Crippen LogP) is 4.90. The van der Waals surface area contributed by atoms with Crippen LogP contribution in [0.3, 0.4) is 0 Å². The first-order valence-corrected chi connectivity index (χ1v) is 11.2. The quantitative estimate of drug-likeness (QED) is 0.589. The highest BCUT2D eigenvalue weighted by atomic mass is 35.5. The maximum Gasteiger partial charge on any atom is 0.240 e. The van der Waals surface area contributed by atoms with Crippen molar-refractivity contribution >= 4 is 35.0 Å². The largest absolute Gasteiger partial charge is 0.325 e. The summed E-state index contributed by atoms with van der Waals surface area (Å²) in [7, 11) is 0. The van der Waals surface area contributed by atoms with Gasteiger partial charge < -0.3 is 10.7 Å². The predicted molar refractivity (Wildman–Crippen MR) is 122 cm³/mol. The number of nitrogens with one attached hydrogen (secondary N) is 2. The van der Waals surface area contributed by atoms with Gasteiger partial charge in [-0.25, -0.2) is 4.68 Å². The van der Waals surface area contributed by atoms with Crippen molar-refractivity contribution in [2.45, 2.75) is 50.1 Å². The minimum Gasteiger partial charge on any atom is -0.325 e. The molecule has 0 aliphatic carbocycles.